The molecule has 0 aromatic carbocycles. The van der Waals surface area contributed by atoms with Crippen LogP contribution in [0.25, 0.3) is 0 Å². The number of ether oxygens (including phenoxy) is 1. The molecule has 3 nitrogen and oxygen atoms in total. The van der Waals surface area contributed by atoms with Gasteiger partial charge in [-0.1, -0.05) is 6.58 Å². The summed E-state index contributed by atoms with van der Waals surface area (Å²) >= 11 is 0. The molecule has 1 amide bonds. The quantitative estimate of drug-likeness (QED) is 0.483. The van der Waals surface area contributed by atoms with Crippen LogP contribution in [0.15, 0.2) is 12.2 Å². The molecule has 1 saturated carbocycles. The Labute approximate surface area is 71.6 Å². The zero-order chi connectivity index (χ0) is 8.72. The maximum Gasteiger partial charge on any atom is 0.244 e. The highest BCUT2D eigenvalue weighted by Crippen LogP contribution is 2.41. The van der Waals surface area contributed by atoms with E-state index >= 15 is 0 Å². The van der Waals surface area contributed by atoms with Crippen LogP contribution >= 0.6 is 0 Å². The molecule has 0 aromatic rings. The van der Waals surface area contributed by atoms with E-state index in [-0.39, 0.29) is 11.8 Å². The minimum Gasteiger partial charge on any atom is -0.370 e. The number of amides is 1. The first-order valence-corrected chi connectivity index (χ1v) is 4.32. The van der Waals surface area contributed by atoms with Crippen molar-refractivity contribution in [3.8, 4) is 0 Å². The molecule has 1 aliphatic carbocycles. The number of hydrogen-bond acceptors (Lipinski definition) is 2. The van der Waals surface area contributed by atoms with Crippen LogP contribution < -0.4 is 5.73 Å². The van der Waals surface area contributed by atoms with Crippen molar-refractivity contribution < 1.29 is 9.53 Å². The van der Waals surface area contributed by atoms with Gasteiger partial charge in [-0.3, -0.25) is 4.79 Å². The van der Waals surface area contributed by atoms with Crippen LogP contribution in [-0.2, 0) is 9.53 Å². The topological polar surface area (TPSA) is 55.6 Å². The highest BCUT2D eigenvalue weighted by Gasteiger charge is 2.44. The van der Waals surface area contributed by atoms with Gasteiger partial charge >= 0.3 is 0 Å². The SMILES string of the molecule is C=C(C(N)=O)C1CCC2OC2C1. The zero-order valence-electron chi connectivity index (χ0n) is 6.95. The summed E-state index contributed by atoms with van der Waals surface area (Å²) in [6, 6.07) is 0. The second-order valence-electron chi connectivity index (χ2n) is 3.61. The number of carbonyl (C=O) groups excluding carboxylic acids is 1. The van der Waals surface area contributed by atoms with E-state index in [1.54, 1.807) is 0 Å². The maximum atomic E-state index is 10.8. The number of carbonyl (C=O) groups is 1. The molecule has 1 aliphatic heterocycles. The largest absolute Gasteiger partial charge is 0.370 e. The maximum absolute atomic E-state index is 10.8. The molecule has 1 heterocycles. The first-order valence-electron chi connectivity index (χ1n) is 4.32. The van der Waals surface area contributed by atoms with Crippen LogP contribution in [0.5, 0.6) is 0 Å². The Kier molecular flexibility index (Phi) is 1.68. The standard InChI is InChI=1S/C9H13NO2/c1-5(9(10)11)6-2-3-7-8(4-6)12-7/h6-8H,1-4H2,(H2,10,11). The molecule has 12 heavy (non-hydrogen) atoms. The molecular weight excluding hydrogens is 154 g/mol. The average molecular weight is 167 g/mol. The van der Waals surface area contributed by atoms with Gasteiger partial charge in [0.2, 0.25) is 5.91 Å². The second-order valence-corrected chi connectivity index (χ2v) is 3.61. The second kappa shape index (κ2) is 2.59. The van der Waals surface area contributed by atoms with Crippen molar-refractivity contribution >= 4 is 5.91 Å². The van der Waals surface area contributed by atoms with Gasteiger partial charge in [-0.05, 0) is 25.2 Å². The number of epoxide rings is 1. The van der Waals surface area contributed by atoms with E-state index in [4.69, 9.17) is 10.5 Å². The van der Waals surface area contributed by atoms with E-state index in [0.29, 0.717) is 17.8 Å². The van der Waals surface area contributed by atoms with Crippen LogP contribution in [-0.4, -0.2) is 18.1 Å². The summed E-state index contributed by atoms with van der Waals surface area (Å²) in [4.78, 5) is 10.8. The summed E-state index contributed by atoms with van der Waals surface area (Å²) < 4.78 is 5.34. The summed E-state index contributed by atoms with van der Waals surface area (Å²) in [7, 11) is 0. The third kappa shape index (κ3) is 1.25. The molecule has 0 radical (unpaired) electrons. The lowest BCUT2D eigenvalue weighted by Gasteiger charge is -2.18. The fourth-order valence-corrected chi connectivity index (χ4v) is 1.92. The molecule has 2 aliphatic rings. The predicted octanol–water partition coefficient (Wildman–Crippen LogP) is 0.595. The summed E-state index contributed by atoms with van der Waals surface area (Å²) in [5.41, 5.74) is 5.72. The Hall–Kier alpha value is -0.830. The Morgan fingerprint density at radius 3 is 2.75 bits per heavy atom. The first kappa shape index (κ1) is 7.80. The number of nitrogens with two attached hydrogens (primary N) is 1. The van der Waals surface area contributed by atoms with Crippen LogP contribution in [0.3, 0.4) is 0 Å². The molecule has 3 heteroatoms. The Balaban J connectivity index is 1.95. The van der Waals surface area contributed by atoms with Crippen molar-refractivity contribution in [2.75, 3.05) is 0 Å². The molecule has 0 spiro atoms. The fourth-order valence-electron chi connectivity index (χ4n) is 1.92. The normalized spacial score (nSPS) is 38.5. The molecule has 3 unspecified atom stereocenters. The van der Waals surface area contributed by atoms with Crippen molar-refractivity contribution in [3.63, 3.8) is 0 Å². The van der Waals surface area contributed by atoms with Crippen LogP contribution in [0.2, 0.25) is 0 Å². The third-order valence-corrected chi connectivity index (χ3v) is 2.81. The van der Waals surface area contributed by atoms with Gasteiger partial charge in [0, 0.05) is 5.57 Å². The van der Waals surface area contributed by atoms with Gasteiger partial charge in [0.25, 0.3) is 0 Å². The van der Waals surface area contributed by atoms with E-state index in [9.17, 15) is 4.79 Å². The average Bonchev–Trinajstić information content (AvgIpc) is 2.79. The number of fused-ring (bicyclic) bond motifs is 1. The van der Waals surface area contributed by atoms with Gasteiger partial charge < -0.3 is 10.5 Å². The lowest BCUT2D eigenvalue weighted by Crippen LogP contribution is -2.23. The number of rotatable bonds is 2. The van der Waals surface area contributed by atoms with Gasteiger partial charge in [-0.15, -0.1) is 0 Å². The van der Waals surface area contributed by atoms with Crippen molar-refractivity contribution in [3.05, 3.63) is 12.2 Å². The van der Waals surface area contributed by atoms with E-state index < -0.39 is 0 Å². The van der Waals surface area contributed by atoms with Crippen molar-refractivity contribution in [2.45, 2.75) is 31.5 Å². The van der Waals surface area contributed by atoms with Crippen LogP contribution in [0.4, 0.5) is 0 Å². The molecule has 0 bridgehead atoms. The number of hydrogen-bond donors (Lipinski definition) is 1. The van der Waals surface area contributed by atoms with Gasteiger partial charge in [0.05, 0.1) is 12.2 Å². The first-order chi connectivity index (χ1) is 5.68. The molecule has 66 valence electrons. The fraction of sp³-hybridized carbons (Fsp3) is 0.667. The molecule has 2 rings (SSSR count). The molecule has 2 N–H and O–H groups in total. The van der Waals surface area contributed by atoms with Crippen molar-refractivity contribution in [2.24, 2.45) is 11.7 Å². The highest BCUT2D eigenvalue weighted by atomic mass is 16.6. The number of primary amides is 1. The predicted molar refractivity (Wildman–Crippen MR) is 44.3 cm³/mol. The molecule has 2 fully saturated rings. The minimum absolute atomic E-state index is 0.270. The van der Waals surface area contributed by atoms with Gasteiger partial charge in [0.1, 0.15) is 0 Å². The summed E-state index contributed by atoms with van der Waals surface area (Å²) in [6.45, 7) is 3.70. The Bertz CT molecular complexity index is 237. The minimum atomic E-state index is -0.362. The van der Waals surface area contributed by atoms with Gasteiger partial charge in [-0.2, -0.15) is 0 Å². The smallest absolute Gasteiger partial charge is 0.244 e. The van der Waals surface area contributed by atoms with Crippen LogP contribution in [0.1, 0.15) is 19.3 Å². The van der Waals surface area contributed by atoms with Crippen molar-refractivity contribution in [1.82, 2.24) is 0 Å². The summed E-state index contributed by atoms with van der Waals surface area (Å²) in [5, 5.41) is 0. The van der Waals surface area contributed by atoms with Crippen molar-refractivity contribution in [1.29, 1.82) is 0 Å². The summed E-state index contributed by atoms with van der Waals surface area (Å²) in [5.74, 6) is -0.0923. The lowest BCUT2D eigenvalue weighted by molar-refractivity contribution is -0.115. The van der Waals surface area contributed by atoms with E-state index in [0.717, 1.165) is 19.3 Å². The van der Waals surface area contributed by atoms with E-state index in [1.165, 1.54) is 0 Å². The van der Waals surface area contributed by atoms with E-state index in [2.05, 4.69) is 6.58 Å². The van der Waals surface area contributed by atoms with E-state index in [1.807, 2.05) is 0 Å². The lowest BCUT2D eigenvalue weighted by atomic mass is 9.84. The highest BCUT2D eigenvalue weighted by molar-refractivity contribution is 5.91. The van der Waals surface area contributed by atoms with Gasteiger partial charge in [0.15, 0.2) is 0 Å². The Morgan fingerprint density at radius 1 is 1.42 bits per heavy atom. The molecule has 3 atom stereocenters. The monoisotopic (exact) mass is 167 g/mol. The zero-order valence-corrected chi connectivity index (χ0v) is 6.95. The molecular formula is C9H13NO2. The third-order valence-electron chi connectivity index (χ3n) is 2.81. The Morgan fingerprint density at radius 2 is 2.17 bits per heavy atom. The van der Waals surface area contributed by atoms with Crippen LogP contribution in [0, 0.1) is 5.92 Å². The van der Waals surface area contributed by atoms with Gasteiger partial charge in [-0.25, -0.2) is 0 Å². The summed E-state index contributed by atoms with van der Waals surface area (Å²) in [6.07, 6.45) is 3.86. The molecule has 0 aromatic heterocycles. The molecule has 1 saturated heterocycles.